The number of rotatable bonds is 2. The lowest BCUT2D eigenvalue weighted by atomic mass is 10.2. The standard InChI is InChI=1S/C11H10N2O2S/c14-11(15)9-7-3-1-5-13(7)10(12-9)8-4-2-6-16-8/h2,4,6H,1,3,5H2,(H,14,15). The fourth-order valence-electron chi connectivity index (χ4n) is 2.15. The number of carbonyl (C=O) groups is 1. The Morgan fingerprint density at radius 3 is 3.12 bits per heavy atom. The van der Waals surface area contributed by atoms with Gasteiger partial charge in [0.05, 0.1) is 10.6 Å². The fourth-order valence-corrected chi connectivity index (χ4v) is 2.87. The van der Waals surface area contributed by atoms with Crippen molar-refractivity contribution in [3.05, 3.63) is 28.9 Å². The summed E-state index contributed by atoms with van der Waals surface area (Å²) in [6.07, 6.45) is 1.83. The molecule has 0 aromatic carbocycles. The summed E-state index contributed by atoms with van der Waals surface area (Å²) >= 11 is 1.59. The lowest BCUT2D eigenvalue weighted by molar-refractivity contribution is 0.0690. The molecule has 0 fully saturated rings. The van der Waals surface area contributed by atoms with E-state index in [9.17, 15) is 4.79 Å². The van der Waals surface area contributed by atoms with E-state index in [1.54, 1.807) is 11.3 Å². The van der Waals surface area contributed by atoms with E-state index in [1.807, 2.05) is 22.1 Å². The quantitative estimate of drug-likeness (QED) is 0.867. The van der Waals surface area contributed by atoms with Gasteiger partial charge in [0, 0.05) is 6.54 Å². The van der Waals surface area contributed by atoms with Gasteiger partial charge in [-0.15, -0.1) is 11.3 Å². The average molecular weight is 234 g/mol. The molecule has 0 amide bonds. The van der Waals surface area contributed by atoms with E-state index < -0.39 is 5.97 Å². The van der Waals surface area contributed by atoms with Crippen molar-refractivity contribution in [2.45, 2.75) is 19.4 Å². The summed E-state index contributed by atoms with van der Waals surface area (Å²) in [5, 5.41) is 11.1. The normalized spacial score (nSPS) is 14.0. The zero-order valence-electron chi connectivity index (χ0n) is 8.51. The van der Waals surface area contributed by atoms with Crippen molar-refractivity contribution in [1.29, 1.82) is 0 Å². The first-order chi connectivity index (χ1) is 7.77. The molecule has 1 aliphatic rings. The van der Waals surface area contributed by atoms with Gasteiger partial charge in [-0.05, 0) is 24.3 Å². The third-order valence-corrected chi connectivity index (χ3v) is 3.68. The smallest absolute Gasteiger partial charge is 0.356 e. The van der Waals surface area contributed by atoms with Crippen LogP contribution >= 0.6 is 11.3 Å². The SMILES string of the molecule is O=C(O)c1nc(-c2cccs2)n2c1CCC2. The summed E-state index contributed by atoms with van der Waals surface area (Å²) in [5.41, 5.74) is 1.09. The maximum absolute atomic E-state index is 11.1. The molecule has 0 spiro atoms. The number of thiophene rings is 1. The molecule has 1 N–H and O–H groups in total. The second-order valence-electron chi connectivity index (χ2n) is 3.77. The Balaban J connectivity index is 2.20. The molecule has 0 bridgehead atoms. The molecular weight excluding hydrogens is 224 g/mol. The third kappa shape index (κ3) is 1.28. The molecule has 16 heavy (non-hydrogen) atoms. The van der Waals surface area contributed by atoms with Crippen molar-refractivity contribution < 1.29 is 9.90 Å². The second-order valence-corrected chi connectivity index (χ2v) is 4.72. The Morgan fingerprint density at radius 1 is 1.56 bits per heavy atom. The van der Waals surface area contributed by atoms with Crippen molar-refractivity contribution >= 4 is 17.3 Å². The van der Waals surface area contributed by atoms with Gasteiger partial charge in [-0.25, -0.2) is 9.78 Å². The Kier molecular flexibility index (Phi) is 2.07. The minimum atomic E-state index is -0.923. The minimum Gasteiger partial charge on any atom is -0.476 e. The average Bonchev–Trinajstić information content (AvgIpc) is 2.93. The van der Waals surface area contributed by atoms with E-state index >= 15 is 0 Å². The molecule has 0 saturated heterocycles. The molecule has 2 aromatic rings. The van der Waals surface area contributed by atoms with Gasteiger partial charge in [0.2, 0.25) is 0 Å². The molecule has 0 unspecified atom stereocenters. The molecule has 2 aromatic heterocycles. The summed E-state index contributed by atoms with van der Waals surface area (Å²) in [6, 6.07) is 3.93. The van der Waals surface area contributed by atoms with Gasteiger partial charge >= 0.3 is 5.97 Å². The Morgan fingerprint density at radius 2 is 2.44 bits per heavy atom. The molecule has 3 heterocycles. The van der Waals surface area contributed by atoms with Crippen molar-refractivity contribution in [2.75, 3.05) is 0 Å². The minimum absolute atomic E-state index is 0.223. The first-order valence-corrected chi connectivity index (χ1v) is 6.02. The number of fused-ring (bicyclic) bond motifs is 1. The van der Waals surface area contributed by atoms with Gasteiger partial charge in [0.1, 0.15) is 0 Å². The summed E-state index contributed by atoms with van der Waals surface area (Å²) in [4.78, 5) is 16.4. The number of hydrogen-bond acceptors (Lipinski definition) is 3. The van der Waals surface area contributed by atoms with Crippen LogP contribution in [0.4, 0.5) is 0 Å². The van der Waals surface area contributed by atoms with Gasteiger partial charge in [0.25, 0.3) is 0 Å². The van der Waals surface area contributed by atoms with Crippen molar-refractivity contribution in [1.82, 2.24) is 9.55 Å². The van der Waals surface area contributed by atoms with E-state index in [0.717, 1.165) is 35.8 Å². The van der Waals surface area contributed by atoms with Crippen LogP contribution in [0, 0.1) is 0 Å². The highest BCUT2D eigenvalue weighted by molar-refractivity contribution is 7.13. The summed E-state index contributed by atoms with van der Waals surface area (Å²) in [6.45, 7) is 0.878. The fraction of sp³-hybridized carbons (Fsp3) is 0.273. The highest BCUT2D eigenvalue weighted by Gasteiger charge is 2.25. The van der Waals surface area contributed by atoms with Gasteiger partial charge < -0.3 is 9.67 Å². The molecule has 0 radical (unpaired) electrons. The van der Waals surface area contributed by atoms with Crippen LogP contribution in [-0.4, -0.2) is 20.6 Å². The van der Waals surface area contributed by atoms with Crippen LogP contribution in [0.5, 0.6) is 0 Å². The summed E-state index contributed by atoms with van der Waals surface area (Å²) in [7, 11) is 0. The first kappa shape index (κ1) is 9.59. The van der Waals surface area contributed by atoms with Crippen molar-refractivity contribution in [2.24, 2.45) is 0 Å². The Labute approximate surface area is 96.2 Å². The lowest BCUT2D eigenvalue weighted by Crippen LogP contribution is -2.00. The molecule has 4 nitrogen and oxygen atoms in total. The lowest BCUT2D eigenvalue weighted by Gasteiger charge is -2.00. The van der Waals surface area contributed by atoms with Crippen LogP contribution in [0.1, 0.15) is 22.6 Å². The summed E-state index contributed by atoms with van der Waals surface area (Å²) in [5.74, 6) is -0.117. The van der Waals surface area contributed by atoms with Gasteiger partial charge in [-0.2, -0.15) is 0 Å². The molecule has 5 heteroatoms. The predicted octanol–water partition coefficient (Wildman–Crippen LogP) is 2.26. The molecule has 82 valence electrons. The maximum atomic E-state index is 11.1. The number of aromatic carboxylic acids is 1. The topological polar surface area (TPSA) is 55.1 Å². The second kappa shape index (κ2) is 3.45. The highest BCUT2D eigenvalue weighted by Crippen LogP contribution is 2.30. The van der Waals surface area contributed by atoms with E-state index in [1.165, 1.54) is 0 Å². The number of aromatic nitrogens is 2. The first-order valence-electron chi connectivity index (χ1n) is 5.14. The van der Waals surface area contributed by atoms with Crippen molar-refractivity contribution in [3.8, 4) is 10.7 Å². The molecule has 0 aliphatic carbocycles. The number of hydrogen-bond donors (Lipinski definition) is 1. The Hall–Kier alpha value is -1.62. The van der Waals surface area contributed by atoms with E-state index in [2.05, 4.69) is 4.98 Å². The maximum Gasteiger partial charge on any atom is 0.356 e. The number of carboxylic acids is 1. The van der Waals surface area contributed by atoms with Crippen LogP contribution in [0.25, 0.3) is 10.7 Å². The number of carboxylic acid groups (broad SMARTS) is 1. The monoisotopic (exact) mass is 234 g/mol. The van der Waals surface area contributed by atoms with Crippen LogP contribution in [0.15, 0.2) is 17.5 Å². The molecule has 0 atom stereocenters. The van der Waals surface area contributed by atoms with Crippen LogP contribution in [-0.2, 0) is 13.0 Å². The van der Waals surface area contributed by atoms with E-state index in [0.29, 0.717) is 0 Å². The zero-order chi connectivity index (χ0) is 11.1. The van der Waals surface area contributed by atoms with E-state index in [-0.39, 0.29) is 5.69 Å². The highest BCUT2D eigenvalue weighted by atomic mass is 32.1. The van der Waals surface area contributed by atoms with Crippen molar-refractivity contribution in [3.63, 3.8) is 0 Å². The Bertz CT molecular complexity index is 543. The van der Waals surface area contributed by atoms with Crippen LogP contribution in [0.3, 0.4) is 0 Å². The molecule has 0 saturated carbocycles. The number of imidazole rings is 1. The third-order valence-electron chi connectivity index (χ3n) is 2.81. The summed E-state index contributed by atoms with van der Waals surface area (Å²) < 4.78 is 2.04. The van der Waals surface area contributed by atoms with E-state index in [4.69, 9.17) is 5.11 Å². The molecular formula is C11H10N2O2S. The molecule has 3 rings (SSSR count). The van der Waals surface area contributed by atoms with Crippen LogP contribution in [0.2, 0.25) is 0 Å². The molecule has 1 aliphatic heterocycles. The van der Waals surface area contributed by atoms with Gasteiger partial charge in [-0.1, -0.05) is 6.07 Å². The van der Waals surface area contributed by atoms with Crippen LogP contribution < -0.4 is 0 Å². The number of nitrogens with zero attached hydrogens (tertiary/aromatic N) is 2. The largest absolute Gasteiger partial charge is 0.476 e. The zero-order valence-corrected chi connectivity index (χ0v) is 9.33. The van der Waals surface area contributed by atoms with Gasteiger partial charge in [0.15, 0.2) is 11.5 Å². The van der Waals surface area contributed by atoms with Gasteiger partial charge in [-0.3, -0.25) is 0 Å². The predicted molar refractivity (Wildman–Crippen MR) is 60.8 cm³/mol.